The van der Waals surface area contributed by atoms with Crippen LogP contribution in [0.25, 0.3) is 0 Å². The first-order chi connectivity index (χ1) is 14.6. The number of rotatable bonds is 9. The van der Waals surface area contributed by atoms with E-state index in [4.69, 9.17) is 9.47 Å². The minimum Gasteiger partial charge on any atom is -0.454 e. The third-order valence-electron chi connectivity index (χ3n) is 6.98. The predicted molar refractivity (Wildman–Crippen MR) is 119 cm³/mol. The quantitative estimate of drug-likeness (QED) is 0.395. The Kier molecular flexibility index (Phi) is 6.77. The van der Waals surface area contributed by atoms with E-state index < -0.39 is 0 Å². The van der Waals surface area contributed by atoms with Gasteiger partial charge in [-0.3, -0.25) is 9.89 Å². The zero-order chi connectivity index (χ0) is 21.1. The highest BCUT2D eigenvalue weighted by molar-refractivity contribution is 5.84. The van der Waals surface area contributed by atoms with Crippen LogP contribution in [0.2, 0.25) is 0 Å². The Morgan fingerprint density at radius 1 is 1.30 bits per heavy atom. The molecule has 5 heteroatoms. The van der Waals surface area contributed by atoms with Gasteiger partial charge in [0.05, 0.1) is 6.54 Å². The highest BCUT2D eigenvalue weighted by Gasteiger charge is 2.42. The fourth-order valence-corrected chi connectivity index (χ4v) is 5.19. The van der Waals surface area contributed by atoms with Crippen molar-refractivity contribution in [3.63, 3.8) is 0 Å². The molecule has 3 atom stereocenters. The maximum absolute atomic E-state index is 11.3. The summed E-state index contributed by atoms with van der Waals surface area (Å²) in [7, 11) is 0. The largest absolute Gasteiger partial charge is 0.454 e. The maximum atomic E-state index is 11.3. The molecule has 30 heavy (non-hydrogen) atoms. The third kappa shape index (κ3) is 4.88. The van der Waals surface area contributed by atoms with E-state index in [0.717, 1.165) is 56.5 Å². The topological polar surface area (TPSA) is 51.1 Å². The van der Waals surface area contributed by atoms with Gasteiger partial charge in [0.25, 0.3) is 0 Å². The van der Waals surface area contributed by atoms with E-state index in [0.29, 0.717) is 37.1 Å². The summed E-state index contributed by atoms with van der Waals surface area (Å²) >= 11 is 0. The number of aldehydes is 1. The summed E-state index contributed by atoms with van der Waals surface area (Å²) < 4.78 is 11.6. The smallest absolute Gasteiger partial charge is 0.231 e. The highest BCUT2D eigenvalue weighted by atomic mass is 16.7. The first-order valence-electron chi connectivity index (χ1n) is 11.7. The SMILES string of the molecule is CCC(CCC1CC(C2C=C3OCOC3=C(C3CC3)C2)CN1CC=O)=NC=C(C)C. The molecule has 0 amide bonds. The summed E-state index contributed by atoms with van der Waals surface area (Å²) in [5.41, 5.74) is 3.97. The van der Waals surface area contributed by atoms with E-state index in [1.807, 2.05) is 6.20 Å². The number of carbonyl (C=O) groups excluding carboxylic acids is 1. The second kappa shape index (κ2) is 9.51. The Labute approximate surface area is 180 Å². The molecule has 0 aromatic carbocycles. The maximum Gasteiger partial charge on any atom is 0.231 e. The Hall–Kier alpha value is -1.88. The first kappa shape index (κ1) is 21.4. The molecule has 3 fully saturated rings. The van der Waals surface area contributed by atoms with E-state index in [9.17, 15) is 4.79 Å². The standard InChI is InChI=1S/C25H36N2O3/c1-4-21(26-14-17(2)3)7-8-22-11-20(15-27(22)9-10-28)19-12-23(18-5-6-18)25-24(13-19)29-16-30-25/h10,13-14,18-20,22H,4-9,11-12,15-16H2,1-3H3. The lowest BCUT2D eigenvalue weighted by molar-refractivity contribution is -0.109. The van der Waals surface area contributed by atoms with Crippen molar-refractivity contribution in [2.24, 2.45) is 22.7 Å². The number of ether oxygens (including phenoxy) is 2. The molecule has 2 heterocycles. The molecule has 0 spiro atoms. The van der Waals surface area contributed by atoms with Crippen molar-refractivity contribution in [2.75, 3.05) is 19.9 Å². The molecule has 2 aliphatic heterocycles. The monoisotopic (exact) mass is 412 g/mol. The molecule has 4 aliphatic rings. The lowest BCUT2D eigenvalue weighted by atomic mass is 9.80. The van der Waals surface area contributed by atoms with Crippen LogP contribution in [0.4, 0.5) is 0 Å². The van der Waals surface area contributed by atoms with E-state index in [-0.39, 0.29) is 0 Å². The average Bonchev–Trinajstić information content (AvgIpc) is 3.33. The summed E-state index contributed by atoms with van der Waals surface area (Å²) in [5, 5.41) is 0. The second-order valence-corrected chi connectivity index (χ2v) is 9.50. The van der Waals surface area contributed by atoms with Crippen LogP contribution in [0.5, 0.6) is 0 Å². The van der Waals surface area contributed by atoms with E-state index in [1.54, 1.807) is 0 Å². The van der Waals surface area contributed by atoms with Gasteiger partial charge in [-0.2, -0.15) is 0 Å². The lowest BCUT2D eigenvalue weighted by Gasteiger charge is -2.26. The molecular weight excluding hydrogens is 376 g/mol. The zero-order valence-corrected chi connectivity index (χ0v) is 18.7. The Balaban J connectivity index is 1.42. The summed E-state index contributed by atoms with van der Waals surface area (Å²) in [6.07, 6.45) is 13.2. The van der Waals surface area contributed by atoms with Crippen molar-refractivity contribution < 1.29 is 14.3 Å². The molecule has 0 aromatic heterocycles. The Morgan fingerprint density at radius 3 is 2.83 bits per heavy atom. The number of nitrogens with zero attached hydrogens (tertiary/aromatic N) is 2. The summed E-state index contributed by atoms with van der Waals surface area (Å²) in [6, 6.07) is 0.456. The Morgan fingerprint density at radius 2 is 2.13 bits per heavy atom. The van der Waals surface area contributed by atoms with E-state index in [1.165, 1.54) is 29.7 Å². The number of allylic oxidation sites excluding steroid dienone is 3. The molecule has 0 N–H and O–H groups in total. The van der Waals surface area contributed by atoms with Gasteiger partial charge >= 0.3 is 0 Å². The fourth-order valence-electron chi connectivity index (χ4n) is 5.19. The van der Waals surface area contributed by atoms with Crippen LogP contribution in [0, 0.1) is 17.8 Å². The van der Waals surface area contributed by atoms with Crippen LogP contribution < -0.4 is 0 Å². The van der Waals surface area contributed by atoms with Gasteiger partial charge in [-0.15, -0.1) is 0 Å². The number of hydrogen-bond donors (Lipinski definition) is 0. The van der Waals surface area contributed by atoms with Crippen LogP contribution in [-0.4, -0.2) is 42.8 Å². The van der Waals surface area contributed by atoms with E-state index in [2.05, 4.69) is 36.7 Å². The minimum absolute atomic E-state index is 0.361. The van der Waals surface area contributed by atoms with Crippen molar-refractivity contribution in [3.05, 3.63) is 34.9 Å². The van der Waals surface area contributed by atoms with Gasteiger partial charge in [0.15, 0.2) is 11.5 Å². The fraction of sp³-hybridized carbons (Fsp3) is 0.680. The van der Waals surface area contributed by atoms with Gasteiger partial charge in [-0.05, 0) is 88.2 Å². The Bertz CT molecular complexity index is 771. The van der Waals surface area contributed by atoms with E-state index >= 15 is 0 Å². The predicted octanol–water partition coefficient (Wildman–Crippen LogP) is 5.00. The number of hydrogen-bond acceptors (Lipinski definition) is 5. The van der Waals surface area contributed by atoms with Gasteiger partial charge < -0.3 is 14.3 Å². The molecule has 5 nitrogen and oxygen atoms in total. The summed E-state index contributed by atoms with van der Waals surface area (Å²) in [4.78, 5) is 18.4. The molecule has 0 aromatic rings. The van der Waals surface area contributed by atoms with Crippen LogP contribution in [0.1, 0.15) is 65.7 Å². The molecule has 2 aliphatic carbocycles. The summed E-state index contributed by atoms with van der Waals surface area (Å²) in [6.45, 7) is 8.24. The second-order valence-electron chi connectivity index (χ2n) is 9.50. The average molecular weight is 413 g/mol. The van der Waals surface area contributed by atoms with Crippen LogP contribution in [0.15, 0.2) is 39.9 Å². The normalized spacial score (nSPS) is 29.2. The van der Waals surface area contributed by atoms with Crippen LogP contribution in [0.3, 0.4) is 0 Å². The van der Waals surface area contributed by atoms with Gasteiger partial charge in [-0.1, -0.05) is 12.5 Å². The molecule has 1 saturated carbocycles. The van der Waals surface area contributed by atoms with Crippen molar-refractivity contribution in [1.82, 2.24) is 4.90 Å². The van der Waals surface area contributed by atoms with Crippen LogP contribution in [-0.2, 0) is 14.3 Å². The van der Waals surface area contributed by atoms with Crippen molar-refractivity contribution in [1.29, 1.82) is 0 Å². The minimum atomic E-state index is 0.361. The number of fused-ring (bicyclic) bond motifs is 1. The lowest BCUT2D eigenvalue weighted by Crippen LogP contribution is -2.32. The number of likely N-dealkylation sites (tertiary alicyclic amines) is 1. The molecule has 4 rings (SSSR count). The van der Waals surface area contributed by atoms with Crippen molar-refractivity contribution in [3.8, 4) is 0 Å². The molecule has 164 valence electrons. The molecule has 3 unspecified atom stereocenters. The van der Waals surface area contributed by atoms with Gasteiger partial charge in [0, 0.05) is 24.5 Å². The summed E-state index contributed by atoms with van der Waals surface area (Å²) in [5.74, 6) is 3.78. The molecular formula is C25H36N2O3. The van der Waals surface area contributed by atoms with Crippen LogP contribution >= 0.6 is 0 Å². The molecule has 0 radical (unpaired) electrons. The number of carbonyl (C=O) groups is 1. The zero-order valence-electron chi connectivity index (χ0n) is 18.7. The number of aliphatic imine (C=N–C) groups is 1. The van der Waals surface area contributed by atoms with Gasteiger partial charge in [0.1, 0.15) is 6.29 Å². The third-order valence-corrected chi connectivity index (χ3v) is 6.98. The molecule has 2 saturated heterocycles. The molecule has 0 bridgehead atoms. The van der Waals surface area contributed by atoms with Crippen molar-refractivity contribution in [2.45, 2.75) is 71.8 Å². The highest BCUT2D eigenvalue weighted by Crippen LogP contribution is 2.49. The van der Waals surface area contributed by atoms with Gasteiger partial charge in [0.2, 0.25) is 6.79 Å². The van der Waals surface area contributed by atoms with Crippen molar-refractivity contribution >= 4 is 12.0 Å². The van der Waals surface area contributed by atoms with Gasteiger partial charge in [-0.25, -0.2) is 0 Å². The first-order valence-corrected chi connectivity index (χ1v) is 11.7.